The standard InChI is InChI=1S/C5H5.C4H8O.CH3.2ClH.V/c2*1-2-4-5-3-1;;;;/h1-5H;1-4H2;1H3;2*1H;/q-1;;-1;;;+4/p-2. The van der Waals surface area contributed by atoms with Gasteiger partial charge in [-0.2, -0.15) is 18.2 Å². The van der Waals surface area contributed by atoms with Crippen LogP contribution in [0.2, 0.25) is 0 Å². The van der Waals surface area contributed by atoms with Gasteiger partial charge in [0.05, 0.1) is 0 Å². The summed E-state index contributed by atoms with van der Waals surface area (Å²) < 4.78 is 4.94. The van der Waals surface area contributed by atoms with Gasteiger partial charge in [0.1, 0.15) is 0 Å². The zero-order valence-corrected chi connectivity index (χ0v) is 11.2. The monoisotopic (exact) mass is 273 g/mol. The molecule has 0 amide bonds. The molecule has 81 valence electrons. The number of rotatable bonds is 0. The predicted octanol–water partition coefficient (Wildman–Crippen LogP) is -3.34. The summed E-state index contributed by atoms with van der Waals surface area (Å²) in [6.45, 7) is 2.00. The first-order valence-electron chi connectivity index (χ1n) is 3.74. The Hall–Kier alpha value is 0.474. The Morgan fingerprint density at radius 2 is 1.36 bits per heavy atom. The van der Waals surface area contributed by atoms with E-state index in [0.29, 0.717) is 0 Å². The summed E-state index contributed by atoms with van der Waals surface area (Å²) in [5.41, 5.74) is 0. The first kappa shape index (κ1) is 24.0. The van der Waals surface area contributed by atoms with Crippen molar-refractivity contribution in [3.05, 3.63) is 37.8 Å². The molecule has 0 unspecified atom stereocenters. The molecule has 1 aromatic rings. The van der Waals surface area contributed by atoms with E-state index >= 15 is 0 Å². The van der Waals surface area contributed by atoms with Crippen LogP contribution in [-0.4, -0.2) is 13.2 Å². The topological polar surface area (TPSA) is 9.23 Å². The van der Waals surface area contributed by atoms with Gasteiger partial charge in [0.15, 0.2) is 0 Å². The van der Waals surface area contributed by atoms with Crippen LogP contribution in [0.3, 0.4) is 0 Å². The first-order valence-corrected chi connectivity index (χ1v) is 3.74. The second-order valence-corrected chi connectivity index (χ2v) is 2.28. The van der Waals surface area contributed by atoms with E-state index in [-0.39, 0.29) is 50.8 Å². The molecule has 0 bridgehead atoms. The van der Waals surface area contributed by atoms with E-state index in [1.807, 2.05) is 30.3 Å². The number of ether oxygens (including phenoxy) is 1. The van der Waals surface area contributed by atoms with Gasteiger partial charge in [0, 0.05) is 13.2 Å². The summed E-state index contributed by atoms with van der Waals surface area (Å²) in [5, 5.41) is 0. The largest absolute Gasteiger partial charge is 4.00 e. The Bertz CT molecular complexity index is 117. The molecule has 1 aliphatic rings. The molecule has 0 N–H and O–H groups in total. The number of hydrogen-bond donors (Lipinski definition) is 0. The van der Waals surface area contributed by atoms with Crippen molar-refractivity contribution in [1.82, 2.24) is 0 Å². The molecule has 1 aromatic carbocycles. The third-order valence-electron chi connectivity index (χ3n) is 1.38. The summed E-state index contributed by atoms with van der Waals surface area (Å²) in [4.78, 5) is 0. The molecule has 14 heavy (non-hydrogen) atoms. The molecule has 0 atom stereocenters. The molecule has 0 saturated carbocycles. The minimum atomic E-state index is 0. The number of hydrogen-bond acceptors (Lipinski definition) is 1. The second-order valence-electron chi connectivity index (χ2n) is 2.28. The third kappa shape index (κ3) is 15.0. The van der Waals surface area contributed by atoms with Crippen molar-refractivity contribution < 1.29 is 48.1 Å². The summed E-state index contributed by atoms with van der Waals surface area (Å²) >= 11 is 0. The van der Waals surface area contributed by atoms with Gasteiger partial charge in [-0.05, 0) is 12.8 Å². The van der Waals surface area contributed by atoms with Crippen molar-refractivity contribution in [2.45, 2.75) is 12.8 Å². The van der Waals surface area contributed by atoms with Crippen molar-refractivity contribution in [1.29, 1.82) is 0 Å². The van der Waals surface area contributed by atoms with Crippen molar-refractivity contribution in [3.8, 4) is 0 Å². The smallest absolute Gasteiger partial charge is 1.00 e. The van der Waals surface area contributed by atoms with Gasteiger partial charge < -0.3 is 37.0 Å². The fourth-order valence-electron chi connectivity index (χ4n) is 0.831. The van der Waals surface area contributed by atoms with Crippen LogP contribution in [0, 0.1) is 7.43 Å². The molecule has 0 aromatic heterocycles. The Labute approximate surface area is 112 Å². The molecule has 0 spiro atoms. The molecular weight excluding hydrogens is 258 g/mol. The Balaban J connectivity index is -0.0000000556. The Kier molecular flexibility index (Phi) is 32.7. The van der Waals surface area contributed by atoms with Crippen LogP contribution in [0.25, 0.3) is 0 Å². The average Bonchev–Trinajstić information content (AvgIpc) is 2.67. The van der Waals surface area contributed by atoms with Crippen molar-refractivity contribution in [2.24, 2.45) is 0 Å². The first-order chi connectivity index (χ1) is 5.00. The van der Waals surface area contributed by atoms with Crippen LogP contribution >= 0.6 is 0 Å². The van der Waals surface area contributed by atoms with E-state index in [2.05, 4.69) is 0 Å². The number of halogens is 2. The summed E-state index contributed by atoms with van der Waals surface area (Å²) in [7, 11) is 0. The molecule has 1 heterocycles. The maximum Gasteiger partial charge on any atom is 4.00 e. The normalized spacial score (nSPS) is 11.4. The van der Waals surface area contributed by atoms with Gasteiger partial charge in [-0.15, -0.1) is 0 Å². The van der Waals surface area contributed by atoms with Crippen molar-refractivity contribution in [2.75, 3.05) is 13.2 Å². The quantitative estimate of drug-likeness (QED) is 0.449. The Morgan fingerprint density at radius 3 is 1.50 bits per heavy atom. The summed E-state index contributed by atoms with van der Waals surface area (Å²) in [6.07, 6.45) is 2.56. The molecular formula is C10H16Cl2OV. The fraction of sp³-hybridized carbons (Fsp3) is 0.400. The van der Waals surface area contributed by atoms with Crippen LogP contribution in [0.5, 0.6) is 0 Å². The second kappa shape index (κ2) is 19.1. The zero-order chi connectivity index (χ0) is 7.07. The van der Waals surface area contributed by atoms with E-state index in [1.54, 1.807) is 0 Å². The van der Waals surface area contributed by atoms with Gasteiger partial charge in [-0.1, -0.05) is 0 Å². The Morgan fingerprint density at radius 1 is 0.929 bits per heavy atom. The van der Waals surface area contributed by atoms with E-state index in [4.69, 9.17) is 4.74 Å². The molecule has 1 nitrogen and oxygen atoms in total. The molecule has 0 aliphatic carbocycles. The van der Waals surface area contributed by atoms with Crippen molar-refractivity contribution in [3.63, 3.8) is 0 Å². The van der Waals surface area contributed by atoms with Crippen molar-refractivity contribution >= 4 is 0 Å². The fourth-order valence-corrected chi connectivity index (χ4v) is 0.831. The summed E-state index contributed by atoms with van der Waals surface area (Å²) in [5.74, 6) is 0. The molecule has 2 rings (SSSR count). The van der Waals surface area contributed by atoms with Crippen LogP contribution in [0.1, 0.15) is 12.8 Å². The molecule has 1 aliphatic heterocycles. The third-order valence-corrected chi connectivity index (χ3v) is 1.38. The summed E-state index contributed by atoms with van der Waals surface area (Å²) in [6, 6.07) is 10.0. The van der Waals surface area contributed by atoms with Gasteiger partial charge in [0.25, 0.3) is 0 Å². The minimum absolute atomic E-state index is 0. The van der Waals surface area contributed by atoms with E-state index in [1.165, 1.54) is 12.8 Å². The molecule has 1 fully saturated rings. The van der Waals surface area contributed by atoms with E-state index in [9.17, 15) is 0 Å². The predicted molar refractivity (Wildman–Crippen MR) is 48.5 cm³/mol. The maximum atomic E-state index is 4.94. The maximum absolute atomic E-state index is 4.94. The van der Waals surface area contributed by atoms with E-state index in [0.717, 1.165) is 13.2 Å². The van der Waals surface area contributed by atoms with Crippen LogP contribution in [0.4, 0.5) is 0 Å². The van der Waals surface area contributed by atoms with Gasteiger partial charge in [-0.25, -0.2) is 12.1 Å². The SMILES string of the molecule is C1CCOC1.[CH3-].[Cl-].[Cl-].[V+4].c1cc[cH-]c1. The average molecular weight is 274 g/mol. The zero-order valence-electron chi connectivity index (χ0n) is 8.33. The van der Waals surface area contributed by atoms with Crippen LogP contribution in [0.15, 0.2) is 30.3 Å². The van der Waals surface area contributed by atoms with Gasteiger partial charge in [-0.3, -0.25) is 0 Å². The molecule has 1 radical (unpaired) electrons. The van der Waals surface area contributed by atoms with E-state index < -0.39 is 0 Å². The minimum Gasteiger partial charge on any atom is -1.00 e. The van der Waals surface area contributed by atoms with Crippen LogP contribution < -0.4 is 24.8 Å². The molecule has 4 heteroatoms. The van der Waals surface area contributed by atoms with Gasteiger partial charge in [0.2, 0.25) is 0 Å². The van der Waals surface area contributed by atoms with Crippen LogP contribution in [-0.2, 0) is 23.3 Å². The van der Waals surface area contributed by atoms with Gasteiger partial charge >= 0.3 is 18.6 Å². The molecule has 1 saturated heterocycles.